The van der Waals surface area contributed by atoms with Crippen LogP contribution in [-0.2, 0) is 16.0 Å². The van der Waals surface area contributed by atoms with Gasteiger partial charge in [0.15, 0.2) is 0 Å². The Balaban J connectivity index is 2.15. The van der Waals surface area contributed by atoms with Gasteiger partial charge in [0.1, 0.15) is 17.2 Å². The monoisotopic (exact) mass is 403 g/mol. The molecule has 0 heterocycles. The molecule has 0 bridgehead atoms. The van der Waals surface area contributed by atoms with Gasteiger partial charge in [-0.3, -0.25) is 4.79 Å². The molecule has 0 fully saturated rings. The van der Waals surface area contributed by atoms with Crippen LogP contribution in [0.4, 0.5) is 9.18 Å². The van der Waals surface area contributed by atoms with Crippen LogP contribution in [0, 0.1) is 5.82 Å². The Bertz CT molecular complexity index is 858. The Morgan fingerprint density at radius 1 is 1.14 bits per heavy atom. The number of carboxylic acid groups (broad SMARTS) is 1. The van der Waals surface area contributed by atoms with E-state index in [4.69, 9.17) is 14.6 Å². The molecule has 1 amide bonds. The van der Waals surface area contributed by atoms with Crippen LogP contribution in [-0.4, -0.2) is 35.9 Å². The van der Waals surface area contributed by atoms with Gasteiger partial charge < -0.3 is 19.9 Å². The van der Waals surface area contributed by atoms with E-state index in [0.29, 0.717) is 17.7 Å². The largest absolute Gasteiger partial charge is 0.496 e. The molecule has 6 nitrogen and oxygen atoms in total. The van der Waals surface area contributed by atoms with E-state index in [2.05, 4.69) is 5.32 Å². The maximum Gasteiger partial charge on any atom is 0.407 e. The topological polar surface area (TPSA) is 84.9 Å². The summed E-state index contributed by atoms with van der Waals surface area (Å²) in [5.41, 5.74) is 1.53. The molecule has 0 saturated carbocycles. The number of carbonyl (C=O) groups excluding carboxylic acids is 1. The summed E-state index contributed by atoms with van der Waals surface area (Å²) < 4.78 is 24.1. The van der Waals surface area contributed by atoms with Crippen LogP contribution >= 0.6 is 0 Å². The van der Waals surface area contributed by atoms with Crippen LogP contribution in [0.5, 0.6) is 5.75 Å². The molecule has 0 aliphatic carbocycles. The second-order valence-electron chi connectivity index (χ2n) is 7.69. The highest BCUT2D eigenvalue weighted by Crippen LogP contribution is 2.30. The van der Waals surface area contributed by atoms with Gasteiger partial charge in [-0.25, -0.2) is 9.18 Å². The van der Waals surface area contributed by atoms with E-state index >= 15 is 0 Å². The van der Waals surface area contributed by atoms with Gasteiger partial charge in [-0.1, -0.05) is 24.3 Å². The summed E-state index contributed by atoms with van der Waals surface area (Å²) in [6.07, 6.45) is -0.588. The lowest BCUT2D eigenvalue weighted by Gasteiger charge is -2.23. The molecule has 0 aliphatic rings. The Labute approximate surface area is 169 Å². The van der Waals surface area contributed by atoms with Gasteiger partial charge in [0.25, 0.3) is 0 Å². The SMILES string of the molecule is COc1ccc(F)cc1-c1ccc(CC(CC(=O)O)NC(=O)OC(C)(C)C)cc1. The number of benzene rings is 2. The maximum atomic E-state index is 13.6. The summed E-state index contributed by atoms with van der Waals surface area (Å²) in [6, 6.07) is 10.9. The maximum absolute atomic E-state index is 13.6. The number of carboxylic acids is 1. The first kappa shape index (κ1) is 22.2. The molecule has 0 radical (unpaired) electrons. The van der Waals surface area contributed by atoms with E-state index in [9.17, 15) is 14.0 Å². The second-order valence-corrected chi connectivity index (χ2v) is 7.69. The molecular weight excluding hydrogens is 377 g/mol. The Kier molecular flexibility index (Phi) is 7.20. The van der Waals surface area contributed by atoms with E-state index in [-0.39, 0.29) is 12.2 Å². The number of ether oxygens (including phenoxy) is 2. The number of alkyl carbamates (subject to hydrolysis) is 1. The first-order valence-electron chi connectivity index (χ1n) is 9.21. The number of aliphatic carboxylic acids is 1. The summed E-state index contributed by atoms with van der Waals surface area (Å²) in [5, 5.41) is 11.8. The number of carbonyl (C=O) groups is 2. The number of halogens is 1. The van der Waals surface area contributed by atoms with Gasteiger partial charge >= 0.3 is 12.1 Å². The smallest absolute Gasteiger partial charge is 0.407 e. The fourth-order valence-electron chi connectivity index (χ4n) is 2.87. The fraction of sp³-hybridized carbons (Fsp3) is 0.364. The van der Waals surface area contributed by atoms with Gasteiger partial charge in [0.05, 0.1) is 13.5 Å². The van der Waals surface area contributed by atoms with Crippen molar-refractivity contribution in [2.24, 2.45) is 0 Å². The number of hydrogen-bond donors (Lipinski definition) is 2. The summed E-state index contributed by atoms with van der Waals surface area (Å²) in [4.78, 5) is 23.2. The molecule has 0 spiro atoms. The summed E-state index contributed by atoms with van der Waals surface area (Å²) in [7, 11) is 1.52. The molecule has 156 valence electrons. The van der Waals surface area contributed by atoms with E-state index in [1.807, 2.05) is 12.1 Å². The minimum absolute atomic E-state index is 0.237. The zero-order chi connectivity index (χ0) is 21.6. The van der Waals surface area contributed by atoms with Gasteiger partial charge in [-0.05, 0) is 56.5 Å². The average Bonchev–Trinajstić information content (AvgIpc) is 2.60. The number of amides is 1. The zero-order valence-electron chi connectivity index (χ0n) is 17.0. The van der Waals surface area contributed by atoms with Crippen molar-refractivity contribution in [3.05, 3.63) is 53.8 Å². The van der Waals surface area contributed by atoms with Crippen molar-refractivity contribution in [3.63, 3.8) is 0 Å². The Hall–Kier alpha value is -3.09. The molecule has 29 heavy (non-hydrogen) atoms. The molecule has 1 atom stereocenters. The van der Waals surface area contributed by atoms with Gasteiger partial charge in [-0.15, -0.1) is 0 Å². The van der Waals surface area contributed by atoms with Crippen LogP contribution < -0.4 is 10.1 Å². The van der Waals surface area contributed by atoms with Crippen LogP contribution in [0.2, 0.25) is 0 Å². The lowest BCUT2D eigenvalue weighted by atomic mass is 9.99. The molecule has 0 aromatic heterocycles. The lowest BCUT2D eigenvalue weighted by Crippen LogP contribution is -2.41. The third kappa shape index (κ3) is 7.10. The lowest BCUT2D eigenvalue weighted by molar-refractivity contribution is -0.137. The first-order chi connectivity index (χ1) is 13.6. The van der Waals surface area contributed by atoms with Crippen molar-refractivity contribution in [1.29, 1.82) is 0 Å². The highest BCUT2D eigenvalue weighted by atomic mass is 19.1. The van der Waals surface area contributed by atoms with Crippen molar-refractivity contribution in [2.75, 3.05) is 7.11 Å². The molecule has 0 saturated heterocycles. The van der Waals surface area contributed by atoms with Crippen LogP contribution in [0.15, 0.2) is 42.5 Å². The van der Waals surface area contributed by atoms with Crippen molar-refractivity contribution in [3.8, 4) is 16.9 Å². The van der Waals surface area contributed by atoms with Crippen molar-refractivity contribution in [2.45, 2.75) is 45.3 Å². The second kappa shape index (κ2) is 9.41. The molecule has 2 N–H and O–H groups in total. The first-order valence-corrected chi connectivity index (χ1v) is 9.21. The van der Waals surface area contributed by atoms with E-state index in [1.54, 1.807) is 39.0 Å². The average molecular weight is 403 g/mol. The molecular formula is C22H26FNO5. The van der Waals surface area contributed by atoms with E-state index < -0.39 is 23.7 Å². The third-order valence-electron chi connectivity index (χ3n) is 4.05. The standard InChI is InChI=1S/C22H26FNO5/c1-22(2,3)29-21(27)24-17(13-20(25)26)11-14-5-7-15(8-6-14)18-12-16(23)9-10-19(18)28-4/h5-10,12,17H,11,13H2,1-4H3,(H,24,27)(H,25,26). The van der Waals surface area contributed by atoms with E-state index in [0.717, 1.165) is 11.1 Å². The summed E-state index contributed by atoms with van der Waals surface area (Å²) in [5.74, 6) is -0.838. The predicted octanol–water partition coefficient (Wildman–Crippen LogP) is 4.41. The van der Waals surface area contributed by atoms with Crippen LogP contribution in [0.25, 0.3) is 11.1 Å². The molecule has 0 aliphatic heterocycles. The van der Waals surface area contributed by atoms with Gasteiger partial charge in [0, 0.05) is 11.6 Å². The highest BCUT2D eigenvalue weighted by Gasteiger charge is 2.21. The summed E-state index contributed by atoms with van der Waals surface area (Å²) >= 11 is 0. The van der Waals surface area contributed by atoms with Crippen LogP contribution in [0.1, 0.15) is 32.8 Å². The van der Waals surface area contributed by atoms with Crippen molar-refractivity contribution >= 4 is 12.1 Å². The number of nitrogens with one attached hydrogen (secondary N) is 1. The third-order valence-corrected chi connectivity index (χ3v) is 4.05. The van der Waals surface area contributed by atoms with Gasteiger partial charge in [-0.2, -0.15) is 0 Å². The van der Waals surface area contributed by atoms with Crippen LogP contribution in [0.3, 0.4) is 0 Å². The quantitative estimate of drug-likeness (QED) is 0.715. The molecule has 1 unspecified atom stereocenters. The van der Waals surface area contributed by atoms with Crippen molar-refractivity contribution in [1.82, 2.24) is 5.32 Å². The predicted molar refractivity (Wildman–Crippen MR) is 108 cm³/mol. The normalized spacial score (nSPS) is 12.2. The highest BCUT2D eigenvalue weighted by molar-refractivity contribution is 5.72. The minimum Gasteiger partial charge on any atom is -0.496 e. The van der Waals surface area contributed by atoms with Gasteiger partial charge in [0.2, 0.25) is 0 Å². The van der Waals surface area contributed by atoms with E-state index in [1.165, 1.54) is 19.2 Å². The molecule has 7 heteroatoms. The van der Waals surface area contributed by atoms with Crippen molar-refractivity contribution < 1.29 is 28.6 Å². The Morgan fingerprint density at radius 2 is 1.79 bits per heavy atom. The number of rotatable bonds is 7. The zero-order valence-corrected chi connectivity index (χ0v) is 17.0. The summed E-state index contributed by atoms with van der Waals surface area (Å²) in [6.45, 7) is 5.20. The minimum atomic E-state index is -1.02. The Morgan fingerprint density at radius 3 is 2.34 bits per heavy atom. The number of hydrogen-bond acceptors (Lipinski definition) is 4. The molecule has 2 aromatic carbocycles. The molecule has 2 rings (SSSR count). The number of methoxy groups -OCH3 is 1. The fourth-order valence-corrected chi connectivity index (χ4v) is 2.87. The molecule has 2 aromatic rings.